The summed E-state index contributed by atoms with van der Waals surface area (Å²) in [5.74, 6) is 0.137. The van der Waals surface area contributed by atoms with Gasteiger partial charge in [0.2, 0.25) is 5.91 Å². The lowest BCUT2D eigenvalue weighted by Gasteiger charge is -2.26. The third-order valence-corrected chi connectivity index (χ3v) is 4.26. The Hall–Kier alpha value is -0.910. The minimum atomic E-state index is 0.137. The number of nitrogens with one attached hydrogen (secondary N) is 2. The molecule has 1 aliphatic rings. The predicted octanol–water partition coefficient (Wildman–Crippen LogP) is 0.832. The Morgan fingerprint density at radius 3 is 3.22 bits per heavy atom. The van der Waals surface area contributed by atoms with Crippen LogP contribution < -0.4 is 10.6 Å². The van der Waals surface area contributed by atoms with Crippen LogP contribution in [0.4, 0.5) is 0 Å². The zero-order valence-corrected chi connectivity index (χ0v) is 11.7. The van der Waals surface area contributed by atoms with Crippen LogP contribution in [0.5, 0.6) is 0 Å². The fourth-order valence-electron chi connectivity index (χ4n) is 2.18. The quantitative estimate of drug-likeness (QED) is 0.802. The standard InChI is InChI=1S/C13H21N3OS/c1-14-5-2-13(17)15-6-8-16-7-3-12-11(10-16)4-9-18-12/h4,9,14H,2-3,5-8,10H2,1H3,(H,15,17). The molecule has 1 aromatic heterocycles. The molecule has 2 heterocycles. The minimum Gasteiger partial charge on any atom is -0.355 e. The second kappa shape index (κ2) is 6.87. The van der Waals surface area contributed by atoms with Crippen molar-refractivity contribution in [2.24, 2.45) is 0 Å². The van der Waals surface area contributed by atoms with Crippen molar-refractivity contribution in [3.8, 4) is 0 Å². The summed E-state index contributed by atoms with van der Waals surface area (Å²) < 4.78 is 0. The monoisotopic (exact) mass is 267 g/mol. The highest BCUT2D eigenvalue weighted by Gasteiger charge is 2.16. The maximum atomic E-state index is 11.4. The van der Waals surface area contributed by atoms with Crippen LogP contribution in [0, 0.1) is 0 Å². The number of amides is 1. The van der Waals surface area contributed by atoms with Crippen molar-refractivity contribution < 1.29 is 4.79 Å². The Bertz CT molecular complexity index is 391. The summed E-state index contributed by atoms with van der Waals surface area (Å²) >= 11 is 1.86. The largest absolute Gasteiger partial charge is 0.355 e. The normalized spacial score (nSPS) is 15.4. The van der Waals surface area contributed by atoms with Crippen LogP contribution in [0.2, 0.25) is 0 Å². The molecule has 2 N–H and O–H groups in total. The van der Waals surface area contributed by atoms with Gasteiger partial charge in [-0.3, -0.25) is 9.69 Å². The first kappa shape index (κ1) is 13.5. The van der Waals surface area contributed by atoms with Crippen LogP contribution in [-0.2, 0) is 17.8 Å². The SMILES string of the molecule is CNCCC(=O)NCCN1CCc2sccc2C1. The summed E-state index contributed by atoms with van der Waals surface area (Å²) in [4.78, 5) is 15.4. The van der Waals surface area contributed by atoms with Crippen LogP contribution >= 0.6 is 11.3 Å². The average molecular weight is 267 g/mol. The Labute approximate surface area is 112 Å². The molecule has 0 unspecified atom stereocenters. The van der Waals surface area contributed by atoms with Gasteiger partial charge in [0.05, 0.1) is 0 Å². The van der Waals surface area contributed by atoms with E-state index in [1.165, 1.54) is 10.4 Å². The summed E-state index contributed by atoms with van der Waals surface area (Å²) in [5.41, 5.74) is 1.47. The van der Waals surface area contributed by atoms with E-state index in [-0.39, 0.29) is 5.91 Å². The van der Waals surface area contributed by atoms with Crippen molar-refractivity contribution in [2.45, 2.75) is 19.4 Å². The van der Waals surface area contributed by atoms with Gasteiger partial charge in [-0.2, -0.15) is 0 Å². The Morgan fingerprint density at radius 1 is 1.50 bits per heavy atom. The molecule has 0 spiro atoms. The predicted molar refractivity (Wildman–Crippen MR) is 74.9 cm³/mol. The zero-order valence-electron chi connectivity index (χ0n) is 10.9. The number of fused-ring (bicyclic) bond motifs is 1. The van der Waals surface area contributed by atoms with E-state index in [4.69, 9.17) is 0 Å². The molecule has 18 heavy (non-hydrogen) atoms. The van der Waals surface area contributed by atoms with Crippen molar-refractivity contribution in [3.63, 3.8) is 0 Å². The van der Waals surface area contributed by atoms with E-state index in [2.05, 4.69) is 27.0 Å². The summed E-state index contributed by atoms with van der Waals surface area (Å²) in [5, 5.41) is 8.12. The highest BCUT2D eigenvalue weighted by Crippen LogP contribution is 2.23. The van der Waals surface area contributed by atoms with Crippen LogP contribution in [0.1, 0.15) is 16.9 Å². The van der Waals surface area contributed by atoms with Gasteiger partial charge in [0, 0.05) is 44.0 Å². The van der Waals surface area contributed by atoms with Gasteiger partial charge in [-0.25, -0.2) is 0 Å². The summed E-state index contributed by atoms with van der Waals surface area (Å²) in [6.45, 7) is 4.58. The molecular formula is C13H21N3OS. The number of carbonyl (C=O) groups excluding carboxylic acids is 1. The number of rotatable bonds is 6. The van der Waals surface area contributed by atoms with Gasteiger partial charge in [0.15, 0.2) is 0 Å². The Balaban J connectivity index is 1.65. The molecular weight excluding hydrogens is 246 g/mol. The van der Waals surface area contributed by atoms with Crippen molar-refractivity contribution in [1.82, 2.24) is 15.5 Å². The van der Waals surface area contributed by atoms with Crippen LogP contribution in [0.3, 0.4) is 0 Å². The molecule has 0 atom stereocenters. The molecule has 2 rings (SSSR count). The smallest absolute Gasteiger partial charge is 0.221 e. The van der Waals surface area contributed by atoms with Crippen molar-refractivity contribution >= 4 is 17.2 Å². The van der Waals surface area contributed by atoms with E-state index in [0.717, 1.165) is 39.1 Å². The minimum absolute atomic E-state index is 0.137. The second-order valence-electron chi connectivity index (χ2n) is 4.60. The molecule has 0 radical (unpaired) electrons. The summed E-state index contributed by atoms with van der Waals surface area (Å²) in [6, 6.07) is 2.22. The Morgan fingerprint density at radius 2 is 2.39 bits per heavy atom. The highest BCUT2D eigenvalue weighted by atomic mass is 32.1. The molecule has 5 heteroatoms. The maximum Gasteiger partial charge on any atom is 0.221 e. The number of carbonyl (C=O) groups is 1. The zero-order chi connectivity index (χ0) is 12.8. The molecule has 0 bridgehead atoms. The van der Waals surface area contributed by atoms with E-state index in [0.29, 0.717) is 6.42 Å². The fourth-order valence-corrected chi connectivity index (χ4v) is 3.07. The summed E-state index contributed by atoms with van der Waals surface area (Å²) in [7, 11) is 1.86. The molecule has 4 nitrogen and oxygen atoms in total. The fraction of sp³-hybridized carbons (Fsp3) is 0.615. The molecule has 0 saturated heterocycles. The molecule has 0 aliphatic carbocycles. The third kappa shape index (κ3) is 3.80. The first-order chi connectivity index (χ1) is 8.79. The number of thiophene rings is 1. The molecule has 1 aromatic rings. The molecule has 0 aromatic carbocycles. The Kier molecular flexibility index (Phi) is 5.16. The molecule has 100 valence electrons. The topological polar surface area (TPSA) is 44.4 Å². The van der Waals surface area contributed by atoms with Gasteiger partial charge < -0.3 is 10.6 Å². The van der Waals surface area contributed by atoms with Crippen LogP contribution in [0.15, 0.2) is 11.4 Å². The number of hydrogen-bond acceptors (Lipinski definition) is 4. The number of hydrogen-bond donors (Lipinski definition) is 2. The number of nitrogens with zero attached hydrogens (tertiary/aromatic N) is 1. The highest BCUT2D eigenvalue weighted by molar-refractivity contribution is 7.10. The maximum absolute atomic E-state index is 11.4. The average Bonchev–Trinajstić information content (AvgIpc) is 2.83. The van der Waals surface area contributed by atoms with Crippen molar-refractivity contribution in [3.05, 3.63) is 21.9 Å². The molecule has 1 amide bonds. The van der Waals surface area contributed by atoms with Crippen LogP contribution in [0.25, 0.3) is 0 Å². The van der Waals surface area contributed by atoms with E-state index in [1.54, 1.807) is 0 Å². The first-order valence-electron chi connectivity index (χ1n) is 6.48. The van der Waals surface area contributed by atoms with Gasteiger partial charge in [-0.15, -0.1) is 11.3 Å². The van der Waals surface area contributed by atoms with Gasteiger partial charge in [-0.1, -0.05) is 0 Å². The lowest BCUT2D eigenvalue weighted by atomic mass is 10.1. The lowest BCUT2D eigenvalue weighted by molar-refractivity contribution is -0.121. The lowest BCUT2D eigenvalue weighted by Crippen LogP contribution is -2.37. The molecule has 0 fully saturated rings. The van der Waals surface area contributed by atoms with Gasteiger partial charge in [0.1, 0.15) is 0 Å². The second-order valence-corrected chi connectivity index (χ2v) is 5.60. The van der Waals surface area contributed by atoms with E-state index in [9.17, 15) is 4.79 Å². The van der Waals surface area contributed by atoms with Crippen LogP contribution in [-0.4, -0.2) is 44.0 Å². The van der Waals surface area contributed by atoms with Crippen molar-refractivity contribution in [1.29, 1.82) is 0 Å². The van der Waals surface area contributed by atoms with Crippen molar-refractivity contribution in [2.75, 3.05) is 33.2 Å². The van der Waals surface area contributed by atoms with E-state index in [1.807, 2.05) is 18.4 Å². The summed E-state index contributed by atoms with van der Waals surface area (Å²) in [6.07, 6.45) is 1.71. The van der Waals surface area contributed by atoms with E-state index < -0.39 is 0 Å². The van der Waals surface area contributed by atoms with E-state index >= 15 is 0 Å². The molecule has 0 saturated carbocycles. The van der Waals surface area contributed by atoms with Gasteiger partial charge in [-0.05, 0) is 30.5 Å². The third-order valence-electron chi connectivity index (χ3n) is 3.24. The van der Waals surface area contributed by atoms with Gasteiger partial charge >= 0.3 is 0 Å². The first-order valence-corrected chi connectivity index (χ1v) is 7.36. The molecule has 1 aliphatic heterocycles. The van der Waals surface area contributed by atoms with Gasteiger partial charge in [0.25, 0.3) is 0 Å².